The number of hydrogen-bond donors (Lipinski definition) is 1. The Balaban J connectivity index is 2.23. The molecular formula is C16H20N4O2. The first-order valence-electron chi connectivity index (χ1n) is 7.27. The van der Waals surface area contributed by atoms with E-state index >= 15 is 0 Å². The van der Waals surface area contributed by atoms with Gasteiger partial charge >= 0.3 is 5.97 Å². The lowest BCUT2D eigenvalue weighted by molar-refractivity contribution is 0.0683. The minimum absolute atomic E-state index is 0.0513. The number of carbonyl (C=O) groups is 1. The molecule has 1 atom stereocenters. The van der Waals surface area contributed by atoms with Crippen molar-refractivity contribution >= 4 is 5.97 Å². The van der Waals surface area contributed by atoms with Gasteiger partial charge in [0.2, 0.25) is 5.82 Å². The molecule has 0 aliphatic rings. The molecule has 1 N–H and O–H groups in total. The molecule has 0 amide bonds. The van der Waals surface area contributed by atoms with E-state index in [0.717, 1.165) is 17.2 Å². The van der Waals surface area contributed by atoms with Crippen molar-refractivity contribution in [3.05, 3.63) is 47.1 Å². The smallest absolute Gasteiger partial charge is 0.373 e. The summed E-state index contributed by atoms with van der Waals surface area (Å²) in [5.74, 6) is -0.147. The number of aromatic nitrogens is 4. The molecule has 0 spiro atoms. The molecule has 1 unspecified atom stereocenters. The molecule has 2 rings (SSSR count). The first kappa shape index (κ1) is 16.0. The van der Waals surface area contributed by atoms with Crippen LogP contribution in [0.15, 0.2) is 18.3 Å². The molecule has 2 aromatic rings. The molecule has 0 bridgehead atoms. The lowest BCUT2D eigenvalue weighted by Gasteiger charge is -2.13. The van der Waals surface area contributed by atoms with Crippen LogP contribution in [0.4, 0.5) is 0 Å². The maximum atomic E-state index is 11.0. The van der Waals surface area contributed by atoms with Gasteiger partial charge in [-0.2, -0.15) is 0 Å². The van der Waals surface area contributed by atoms with Crippen molar-refractivity contribution in [3.63, 3.8) is 0 Å². The Kier molecular flexibility index (Phi) is 4.80. The largest absolute Gasteiger partial charge is 0.475 e. The molecule has 22 heavy (non-hydrogen) atoms. The van der Waals surface area contributed by atoms with Gasteiger partial charge in [0, 0.05) is 29.2 Å². The molecule has 2 aromatic heterocycles. The summed E-state index contributed by atoms with van der Waals surface area (Å²) < 4.78 is 0. The van der Waals surface area contributed by atoms with Crippen LogP contribution in [-0.2, 0) is 6.42 Å². The second-order valence-electron chi connectivity index (χ2n) is 5.70. The van der Waals surface area contributed by atoms with Crippen LogP contribution in [0, 0.1) is 6.92 Å². The van der Waals surface area contributed by atoms with Crippen LogP contribution in [0.2, 0.25) is 0 Å². The van der Waals surface area contributed by atoms with Crippen molar-refractivity contribution in [1.29, 1.82) is 0 Å². The summed E-state index contributed by atoms with van der Waals surface area (Å²) in [5.41, 5.74) is 2.66. The van der Waals surface area contributed by atoms with Crippen LogP contribution in [0.5, 0.6) is 0 Å². The van der Waals surface area contributed by atoms with E-state index in [1.807, 2.05) is 19.9 Å². The van der Waals surface area contributed by atoms with E-state index in [1.54, 1.807) is 6.07 Å². The number of aromatic carboxylic acids is 1. The lowest BCUT2D eigenvalue weighted by Crippen LogP contribution is -2.10. The van der Waals surface area contributed by atoms with E-state index in [9.17, 15) is 4.79 Å². The number of rotatable bonds is 5. The maximum Gasteiger partial charge on any atom is 0.373 e. The number of aryl methyl sites for hydroxylation is 1. The molecule has 0 saturated carbocycles. The molecule has 0 aliphatic carbocycles. The molecule has 2 heterocycles. The van der Waals surface area contributed by atoms with Gasteiger partial charge in [-0.3, -0.25) is 0 Å². The summed E-state index contributed by atoms with van der Waals surface area (Å²) in [4.78, 5) is 27.7. The van der Waals surface area contributed by atoms with Crippen LogP contribution >= 0.6 is 0 Å². The second kappa shape index (κ2) is 6.60. The third-order valence-electron chi connectivity index (χ3n) is 3.39. The van der Waals surface area contributed by atoms with E-state index in [2.05, 4.69) is 33.8 Å². The summed E-state index contributed by atoms with van der Waals surface area (Å²) in [5, 5.41) is 8.97. The molecule has 6 nitrogen and oxygen atoms in total. The van der Waals surface area contributed by atoms with Gasteiger partial charge in [-0.15, -0.1) is 0 Å². The third-order valence-corrected chi connectivity index (χ3v) is 3.39. The SMILES string of the molecule is Cc1nc(CC(C)c2ccnc(C(=O)O)n2)cc(C(C)C)n1. The van der Waals surface area contributed by atoms with Crippen molar-refractivity contribution in [3.8, 4) is 0 Å². The van der Waals surface area contributed by atoms with E-state index in [4.69, 9.17) is 5.11 Å². The van der Waals surface area contributed by atoms with Gasteiger partial charge in [0.25, 0.3) is 0 Å². The highest BCUT2D eigenvalue weighted by Crippen LogP contribution is 2.20. The van der Waals surface area contributed by atoms with Crippen molar-refractivity contribution in [1.82, 2.24) is 19.9 Å². The van der Waals surface area contributed by atoms with Crippen LogP contribution in [0.1, 0.15) is 66.1 Å². The fourth-order valence-corrected chi connectivity index (χ4v) is 2.22. The van der Waals surface area contributed by atoms with Crippen LogP contribution < -0.4 is 0 Å². The Bertz CT molecular complexity index is 686. The first-order valence-corrected chi connectivity index (χ1v) is 7.27. The standard InChI is InChI=1S/C16H20N4O2/c1-9(2)14-8-12(18-11(4)19-14)7-10(3)13-5-6-17-15(20-13)16(21)22/h5-6,8-10H,7H2,1-4H3,(H,21,22). The Labute approximate surface area is 129 Å². The fourth-order valence-electron chi connectivity index (χ4n) is 2.22. The van der Waals surface area contributed by atoms with Gasteiger partial charge in [-0.05, 0) is 31.4 Å². The second-order valence-corrected chi connectivity index (χ2v) is 5.70. The van der Waals surface area contributed by atoms with Gasteiger partial charge < -0.3 is 5.11 Å². The molecule has 0 radical (unpaired) electrons. The van der Waals surface area contributed by atoms with E-state index in [-0.39, 0.29) is 11.7 Å². The topological polar surface area (TPSA) is 88.9 Å². The van der Waals surface area contributed by atoms with Crippen molar-refractivity contribution < 1.29 is 9.90 Å². The Morgan fingerprint density at radius 3 is 2.55 bits per heavy atom. The monoisotopic (exact) mass is 300 g/mol. The molecule has 0 saturated heterocycles. The molecular weight excluding hydrogens is 280 g/mol. The number of carboxylic acid groups (broad SMARTS) is 1. The lowest BCUT2D eigenvalue weighted by atomic mass is 9.99. The number of hydrogen-bond acceptors (Lipinski definition) is 5. The summed E-state index contributed by atoms with van der Waals surface area (Å²) in [6.45, 7) is 8.07. The minimum Gasteiger partial charge on any atom is -0.475 e. The van der Waals surface area contributed by atoms with Gasteiger partial charge in [0.05, 0.1) is 0 Å². The quantitative estimate of drug-likeness (QED) is 0.913. The van der Waals surface area contributed by atoms with Crippen molar-refractivity contribution in [2.45, 2.75) is 46.0 Å². The molecule has 0 fully saturated rings. The van der Waals surface area contributed by atoms with Crippen LogP contribution in [0.25, 0.3) is 0 Å². The van der Waals surface area contributed by atoms with E-state index in [0.29, 0.717) is 18.0 Å². The minimum atomic E-state index is -1.12. The Morgan fingerprint density at radius 2 is 1.91 bits per heavy atom. The van der Waals surface area contributed by atoms with Gasteiger partial charge in [-0.1, -0.05) is 20.8 Å². The van der Waals surface area contributed by atoms with Gasteiger partial charge in [0.15, 0.2) is 0 Å². The third kappa shape index (κ3) is 3.84. The van der Waals surface area contributed by atoms with E-state index < -0.39 is 5.97 Å². The summed E-state index contributed by atoms with van der Waals surface area (Å²) in [7, 11) is 0. The summed E-state index contributed by atoms with van der Waals surface area (Å²) in [6, 6.07) is 3.75. The van der Waals surface area contributed by atoms with Gasteiger partial charge in [-0.25, -0.2) is 24.7 Å². The molecule has 0 aromatic carbocycles. The zero-order valence-electron chi connectivity index (χ0n) is 13.2. The maximum absolute atomic E-state index is 11.0. The molecule has 116 valence electrons. The normalized spacial score (nSPS) is 12.4. The van der Waals surface area contributed by atoms with Gasteiger partial charge in [0.1, 0.15) is 5.82 Å². The predicted octanol–water partition coefficient (Wildman–Crippen LogP) is 2.74. The highest BCUT2D eigenvalue weighted by molar-refractivity contribution is 5.82. The molecule has 0 aliphatic heterocycles. The average Bonchev–Trinajstić information content (AvgIpc) is 2.46. The number of carboxylic acids is 1. The predicted molar refractivity (Wildman–Crippen MR) is 82.0 cm³/mol. The summed E-state index contributed by atoms with van der Waals surface area (Å²) in [6.07, 6.45) is 2.16. The first-order chi connectivity index (χ1) is 10.4. The summed E-state index contributed by atoms with van der Waals surface area (Å²) >= 11 is 0. The highest BCUT2D eigenvalue weighted by atomic mass is 16.4. The fraction of sp³-hybridized carbons (Fsp3) is 0.438. The molecule has 6 heteroatoms. The zero-order chi connectivity index (χ0) is 16.3. The highest BCUT2D eigenvalue weighted by Gasteiger charge is 2.14. The van der Waals surface area contributed by atoms with E-state index in [1.165, 1.54) is 6.20 Å². The van der Waals surface area contributed by atoms with Crippen molar-refractivity contribution in [2.75, 3.05) is 0 Å². The Hall–Kier alpha value is -2.37. The van der Waals surface area contributed by atoms with Crippen LogP contribution in [-0.4, -0.2) is 31.0 Å². The van der Waals surface area contributed by atoms with Crippen LogP contribution in [0.3, 0.4) is 0 Å². The zero-order valence-corrected chi connectivity index (χ0v) is 13.2. The number of nitrogens with zero attached hydrogens (tertiary/aromatic N) is 4. The average molecular weight is 300 g/mol. The van der Waals surface area contributed by atoms with Crippen molar-refractivity contribution in [2.24, 2.45) is 0 Å². The Morgan fingerprint density at radius 1 is 1.18 bits per heavy atom.